The van der Waals surface area contributed by atoms with Crippen LogP contribution in [0.1, 0.15) is 49.7 Å². The van der Waals surface area contributed by atoms with Crippen molar-refractivity contribution in [2.45, 2.75) is 74.2 Å². The molecule has 2 aromatic carbocycles. The fourth-order valence-electron chi connectivity index (χ4n) is 7.07. The number of ether oxygens (including phenoxy) is 1. The minimum atomic E-state index is -4.35. The number of nitrogens with zero attached hydrogens (tertiary/aromatic N) is 3. The average Bonchev–Trinajstić information content (AvgIpc) is 3.37. The molecule has 3 aliphatic heterocycles. The lowest BCUT2D eigenvalue weighted by atomic mass is 10.1. The molecule has 4 atom stereocenters. The van der Waals surface area contributed by atoms with Crippen molar-refractivity contribution in [3.05, 3.63) is 72.1 Å². The van der Waals surface area contributed by atoms with Gasteiger partial charge in [-0.15, -0.1) is 6.58 Å². The van der Waals surface area contributed by atoms with Gasteiger partial charge in [-0.1, -0.05) is 30.3 Å². The second-order valence-electron chi connectivity index (χ2n) is 13.5. The number of sulfonamides is 1. The molecule has 0 radical (unpaired) electrons. The van der Waals surface area contributed by atoms with Gasteiger partial charge in [0.2, 0.25) is 11.8 Å². The van der Waals surface area contributed by atoms with Gasteiger partial charge in [-0.25, -0.2) is 22.3 Å². The number of halogens is 1. The fraction of sp³-hybridized carbons (Fsp3) is 0.486. The van der Waals surface area contributed by atoms with Gasteiger partial charge < -0.3 is 25.2 Å². The van der Waals surface area contributed by atoms with Crippen molar-refractivity contribution in [2.75, 3.05) is 38.5 Å². The van der Waals surface area contributed by atoms with Crippen LogP contribution in [-0.4, -0.2) is 97.8 Å². The highest BCUT2D eigenvalue weighted by Crippen LogP contribution is 2.45. The van der Waals surface area contributed by atoms with Crippen LogP contribution in [0.15, 0.2) is 60.0 Å². The summed E-state index contributed by atoms with van der Waals surface area (Å²) in [5, 5.41) is 5.92. The molecule has 268 valence electrons. The molecule has 4 amide bonds. The van der Waals surface area contributed by atoms with Gasteiger partial charge in [0.1, 0.15) is 28.4 Å². The number of carbonyl (C=O) groups excluding carboxylic acids is 4. The monoisotopic (exact) mass is 710 g/mol. The van der Waals surface area contributed by atoms with Crippen LogP contribution in [0.5, 0.6) is 0 Å². The van der Waals surface area contributed by atoms with Crippen LogP contribution in [0.2, 0.25) is 0 Å². The summed E-state index contributed by atoms with van der Waals surface area (Å²) in [5.74, 6) is -2.85. The summed E-state index contributed by atoms with van der Waals surface area (Å²) in [5.41, 5.74) is -0.149. The fourth-order valence-corrected chi connectivity index (χ4v) is 8.30. The van der Waals surface area contributed by atoms with Crippen LogP contribution >= 0.6 is 0 Å². The van der Waals surface area contributed by atoms with Crippen molar-refractivity contribution in [1.82, 2.24) is 24.7 Å². The number of fused-ring (bicyclic) bond motifs is 3. The van der Waals surface area contributed by atoms with Gasteiger partial charge in [-0.3, -0.25) is 19.3 Å². The predicted octanol–water partition coefficient (Wildman–Crippen LogP) is 2.73. The summed E-state index contributed by atoms with van der Waals surface area (Å²) in [7, 11) is -2.39. The molecule has 0 bridgehead atoms. The maximum Gasteiger partial charge on any atom is 0.410 e. The molecular formula is C35H43FN6O7S. The molecule has 6 rings (SSSR count). The SMILES string of the molecule is C=C[C@@H]1C[C@@]12NC(=O)[C@@H]1C[C@@H](OC(=O)N3Cc4cccc(F)c4C3)CN1C(=O)CCCN(C)CCCCNc1ccccc1S(=O)(=O)NC2=O. The van der Waals surface area contributed by atoms with E-state index in [0.717, 1.165) is 19.4 Å². The Morgan fingerprint density at radius 3 is 2.60 bits per heavy atom. The Hall–Kier alpha value is -4.50. The minimum Gasteiger partial charge on any atom is -0.444 e. The Morgan fingerprint density at radius 1 is 1.06 bits per heavy atom. The van der Waals surface area contributed by atoms with E-state index in [9.17, 15) is 32.0 Å². The molecule has 3 heterocycles. The van der Waals surface area contributed by atoms with Crippen molar-refractivity contribution in [3.8, 4) is 0 Å². The van der Waals surface area contributed by atoms with E-state index in [0.29, 0.717) is 36.3 Å². The second kappa shape index (κ2) is 14.4. The number of rotatable bonds is 2. The van der Waals surface area contributed by atoms with E-state index in [1.54, 1.807) is 30.3 Å². The number of amides is 4. The first-order chi connectivity index (χ1) is 23.9. The summed E-state index contributed by atoms with van der Waals surface area (Å²) in [6.45, 7) is 5.83. The Labute approximate surface area is 291 Å². The standard InChI is InChI=1S/C35H43FN6O7S/c1-3-24-19-35(24)33(45)39-50(47,48)30-13-5-4-12-28(30)37-15-6-7-16-40(2)17-9-14-31(43)42-21-25(18-29(42)32(44)38-35)49-34(46)41-20-23-10-8-11-27(36)26(23)22-41/h3-5,8,10-13,24-25,29,37H,1,6-7,9,14-22H2,2H3,(H,38,44)(H,39,45)/t24-,25-,29+,35-/m1/s1. The zero-order chi connectivity index (χ0) is 35.6. The van der Waals surface area contributed by atoms with Crippen LogP contribution in [0.25, 0.3) is 0 Å². The molecule has 1 saturated carbocycles. The second-order valence-corrected chi connectivity index (χ2v) is 15.2. The first-order valence-corrected chi connectivity index (χ1v) is 18.4. The van der Waals surface area contributed by atoms with Crippen LogP contribution < -0.4 is 15.4 Å². The lowest BCUT2D eigenvalue weighted by Gasteiger charge is -2.27. The van der Waals surface area contributed by atoms with Gasteiger partial charge in [0, 0.05) is 37.4 Å². The lowest BCUT2D eigenvalue weighted by molar-refractivity contribution is -0.139. The van der Waals surface area contributed by atoms with Crippen molar-refractivity contribution in [1.29, 1.82) is 0 Å². The van der Waals surface area contributed by atoms with Gasteiger partial charge in [-0.2, -0.15) is 0 Å². The maximum atomic E-state index is 14.3. The summed E-state index contributed by atoms with van der Waals surface area (Å²) >= 11 is 0. The molecule has 0 unspecified atom stereocenters. The first-order valence-electron chi connectivity index (χ1n) is 17.0. The molecule has 13 nitrogen and oxygen atoms in total. The molecule has 1 saturated heterocycles. The number of hydrogen-bond acceptors (Lipinski definition) is 9. The number of benzene rings is 2. The van der Waals surface area contributed by atoms with Crippen LogP contribution in [0, 0.1) is 11.7 Å². The quantitative estimate of drug-likeness (QED) is 0.399. The third-order valence-corrected chi connectivity index (χ3v) is 11.4. The molecule has 2 fully saturated rings. The van der Waals surface area contributed by atoms with E-state index in [4.69, 9.17) is 4.74 Å². The van der Waals surface area contributed by atoms with Crippen LogP contribution in [0.3, 0.4) is 0 Å². The summed E-state index contributed by atoms with van der Waals surface area (Å²) in [6, 6.07) is 9.87. The normalized spacial score (nSPS) is 27.6. The molecule has 1 aliphatic carbocycles. The number of para-hydroxylation sites is 1. The van der Waals surface area contributed by atoms with E-state index >= 15 is 0 Å². The smallest absolute Gasteiger partial charge is 0.410 e. The first kappa shape index (κ1) is 35.3. The van der Waals surface area contributed by atoms with Crippen LogP contribution in [0.4, 0.5) is 14.9 Å². The van der Waals surface area contributed by atoms with Crippen molar-refractivity contribution >= 4 is 39.5 Å². The third kappa shape index (κ3) is 7.33. The molecule has 0 aromatic heterocycles. The van der Waals surface area contributed by atoms with E-state index in [1.807, 2.05) is 7.05 Å². The Bertz CT molecular complexity index is 1790. The number of anilines is 1. The largest absolute Gasteiger partial charge is 0.444 e. The number of nitrogens with one attached hydrogen (secondary N) is 3. The Balaban J connectivity index is 1.22. The maximum absolute atomic E-state index is 14.3. The van der Waals surface area contributed by atoms with Gasteiger partial charge >= 0.3 is 6.09 Å². The minimum absolute atomic E-state index is 0.0356. The van der Waals surface area contributed by atoms with E-state index in [1.165, 1.54) is 28.0 Å². The van der Waals surface area contributed by atoms with Crippen molar-refractivity contribution < 1.29 is 36.7 Å². The number of carbonyl (C=O) groups is 4. The summed E-state index contributed by atoms with van der Waals surface area (Å²) in [6.07, 6.45) is 2.29. The third-order valence-electron chi connectivity index (χ3n) is 10.0. The van der Waals surface area contributed by atoms with Crippen molar-refractivity contribution in [2.24, 2.45) is 5.92 Å². The molecular weight excluding hydrogens is 667 g/mol. The van der Waals surface area contributed by atoms with Gasteiger partial charge in [0.05, 0.1) is 18.8 Å². The van der Waals surface area contributed by atoms with E-state index in [2.05, 4.69) is 26.8 Å². The van der Waals surface area contributed by atoms with E-state index in [-0.39, 0.29) is 49.7 Å². The Morgan fingerprint density at radius 2 is 1.84 bits per heavy atom. The molecule has 15 heteroatoms. The van der Waals surface area contributed by atoms with Gasteiger partial charge in [0.25, 0.3) is 15.9 Å². The molecule has 50 heavy (non-hydrogen) atoms. The summed E-state index contributed by atoms with van der Waals surface area (Å²) < 4.78 is 49.4. The number of hydrogen-bond donors (Lipinski definition) is 3. The van der Waals surface area contributed by atoms with Gasteiger partial charge in [0.15, 0.2) is 0 Å². The topological polar surface area (TPSA) is 157 Å². The van der Waals surface area contributed by atoms with Gasteiger partial charge in [-0.05, 0) is 69.6 Å². The Kier molecular flexibility index (Phi) is 10.2. The zero-order valence-corrected chi connectivity index (χ0v) is 28.8. The molecule has 3 N–H and O–H groups in total. The predicted molar refractivity (Wildman–Crippen MR) is 181 cm³/mol. The van der Waals surface area contributed by atoms with E-state index < -0.39 is 57.4 Å². The summed E-state index contributed by atoms with van der Waals surface area (Å²) in [4.78, 5) is 59.3. The highest BCUT2D eigenvalue weighted by atomic mass is 32.2. The highest BCUT2D eigenvalue weighted by molar-refractivity contribution is 7.90. The lowest BCUT2D eigenvalue weighted by Crippen LogP contribution is -2.56. The average molecular weight is 711 g/mol. The van der Waals surface area contributed by atoms with Crippen LogP contribution in [-0.2, 0) is 42.2 Å². The zero-order valence-electron chi connectivity index (χ0n) is 28.0. The molecule has 2 aromatic rings. The van der Waals surface area contributed by atoms with Crippen molar-refractivity contribution in [3.63, 3.8) is 0 Å². The molecule has 4 aliphatic rings. The molecule has 1 spiro atoms. The highest BCUT2D eigenvalue weighted by Gasteiger charge is 2.61.